The molecule has 0 saturated carbocycles. The Hall–Kier alpha value is -3.18. The van der Waals surface area contributed by atoms with Gasteiger partial charge in [0, 0.05) is 33.8 Å². The minimum atomic E-state index is -0.333. The van der Waals surface area contributed by atoms with Crippen molar-refractivity contribution in [3.8, 4) is 0 Å². The van der Waals surface area contributed by atoms with Gasteiger partial charge >= 0.3 is 0 Å². The Morgan fingerprint density at radius 1 is 0.885 bits per heavy atom. The molecule has 130 valence electrons. The van der Waals surface area contributed by atoms with Crippen LogP contribution >= 0.6 is 11.6 Å². The van der Waals surface area contributed by atoms with Crippen LogP contribution in [0, 0.1) is 0 Å². The molecule has 6 heteroatoms. The first-order valence-electron chi connectivity index (χ1n) is 7.92. The molecule has 0 radical (unpaired) electrons. The van der Waals surface area contributed by atoms with Crippen LogP contribution < -0.4 is 10.6 Å². The Morgan fingerprint density at radius 3 is 2.19 bits per heavy atom. The van der Waals surface area contributed by atoms with Gasteiger partial charge < -0.3 is 10.6 Å². The molecule has 3 aromatic rings. The summed E-state index contributed by atoms with van der Waals surface area (Å²) in [5.74, 6) is -0.356. The molecular weight excluding hydrogens is 350 g/mol. The van der Waals surface area contributed by atoms with Crippen molar-refractivity contribution in [1.29, 1.82) is 0 Å². The smallest absolute Gasteiger partial charge is 0.274 e. The number of carbonyl (C=O) groups is 2. The molecular formula is C20H16ClN3O2. The number of halogens is 1. The lowest BCUT2D eigenvalue weighted by atomic mass is 10.1. The van der Waals surface area contributed by atoms with E-state index in [0.717, 1.165) is 11.4 Å². The molecule has 0 fully saturated rings. The number of amides is 1. The van der Waals surface area contributed by atoms with E-state index in [1.165, 1.54) is 6.92 Å². The number of ketones is 1. The summed E-state index contributed by atoms with van der Waals surface area (Å²) in [5, 5.41) is 6.61. The number of nitrogens with zero attached hydrogens (tertiary/aromatic N) is 1. The van der Waals surface area contributed by atoms with E-state index in [2.05, 4.69) is 15.6 Å². The standard InChI is InChI=1S/C20H16ClN3O2/c1-13(25)14-2-6-17(7-3-14)24-20(26)19-12-18(10-11-22-19)23-16-8-4-15(21)5-9-16/h2-12H,1H3,(H,22,23)(H,24,26). The quantitative estimate of drug-likeness (QED) is 0.628. The molecule has 1 amide bonds. The molecule has 1 heterocycles. The number of rotatable bonds is 5. The van der Waals surface area contributed by atoms with Gasteiger partial charge in [0.1, 0.15) is 5.69 Å². The molecule has 2 N–H and O–H groups in total. The van der Waals surface area contributed by atoms with Crippen LogP contribution in [0.15, 0.2) is 66.9 Å². The number of Topliss-reactive ketones (excluding diaryl/α,β-unsaturated/α-hetero) is 1. The van der Waals surface area contributed by atoms with Crippen LogP contribution in [0.3, 0.4) is 0 Å². The van der Waals surface area contributed by atoms with E-state index in [1.54, 1.807) is 54.7 Å². The molecule has 26 heavy (non-hydrogen) atoms. The largest absolute Gasteiger partial charge is 0.355 e. The second kappa shape index (κ2) is 7.80. The molecule has 0 spiro atoms. The molecule has 3 rings (SSSR count). The van der Waals surface area contributed by atoms with Gasteiger partial charge in [-0.3, -0.25) is 14.6 Å². The predicted octanol–water partition coefficient (Wildman–Crippen LogP) is 4.93. The number of benzene rings is 2. The summed E-state index contributed by atoms with van der Waals surface area (Å²) in [6.07, 6.45) is 1.56. The van der Waals surface area contributed by atoms with E-state index < -0.39 is 0 Å². The summed E-state index contributed by atoms with van der Waals surface area (Å²) < 4.78 is 0. The van der Waals surface area contributed by atoms with Crippen molar-refractivity contribution >= 4 is 40.4 Å². The zero-order valence-electron chi connectivity index (χ0n) is 14.0. The number of aromatic nitrogens is 1. The SMILES string of the molecule is CC(=O)c1ccc(NC(=O)c2cc(Nc3ccc(Cl)cc3)ccn2)cc1. The summed E-state index contributed by atoms with van der Waals surface area (Å²) in [6, 6.07) is 17.4. The predicted molar refractivity (Wildman–Crippen MR) is 103 cm³/mol. The fourth-order valence-corrected chi connectivity index (χ4v) is 2.44. The Kier molecular flexibility index (Phi) is 5.29. The average molecular weight is 366 g/mol. The zero-order chi connectivity index (χ0) is 18.5. The topological polar surface area (TPSA) is 71.1 Å². The first kappa shape index (κ1) is 17.6. The van der Waals surface area contributed by atoms with Gasteiger partial charge in [-0.15, -0.1) is 0 Å². The van der Waals surface area contributed by atoms with E-state index in [4.69, 9.17) is 11.6 Å². The molecule has 0 aliphatic rings. The first-order chi connectivity index (χ1) is 12.5. The average Bonchev–Trinajstić information content (AvgIpc) is 2.64. The second-order valence-corrected chi connectivity index (χ2v) is 6.09. The number of hydrogen-bond donors (Lipinski definition) is 2. The van der Waals surface area contributed by atoms with E-state index in [-0.39, 0.29) is 17.4 Å². The van der Waals surface area contributed by atoms with Crippen LogP contribution in [-0.2, 0) is 0 Å². The number of hydrogen-bond acceptors (Lipinski definition) is 4. The number of nitrogens with one attached hydrogen (secondary N) is 2. The van der Waals surface area contributed by atoms with Gasteiger partial charge in [0.05, 0.1) is 0 Å². The van der Waals surface area contributed by atoms with Gasteiger partial charge in [-0.2, -0.15) is 0 Å². The van der Waals surface area contributed by atoms with Crippen molar-refractivity contribution in [3.63, 3.8) is 0 Å². The minimum absolute atomic E-state index is 0.0227. The summed E-state index contributed by atoms with van der Waals surface area (Å²) in [4.78, 5) is 27.8. The van der Waals surface area contributed by atoms with Crippen LogP contribution in [-0.4, -0.2) is 16.7 Å². The van der Waals surface area contributed by atoms with Crippen molar-refractivity contribution in [2.24, 2.45) is 0 Å². The van der Waals surface area contributed by atoms with Gasteiger partial charge in [-0.25, -0.2) is 0 Å². The molecule has 0 aliphatic carbocycles. The van der Waals surface area contributed by atoms with Crippen molar-refractivity contribution in [2.75, 3.05) is 10.6 Å². The third kappa shape index (κ3) is 4.46. The van der Waals surface area contributed by atoms with Gasteiger partial charge in [-0.05, 0) is 67.6 Å². The molecule has 1 aromatic heterocycles. The maximum Gasteiger partial charge on any atom is 0.274 e. The van der Waals surface area contributed by atoms with Gasteiger partial charge in [0.2, 0.25) is 0 Å². The fraction of sp³-hybridized carbons (Fsp3) is 0.0500. The Morgan fingerprint density at radius 2 is 1.54 bits per heavy atom. The Bertz CT molecular complexity index is 938. The molecule has 0 saturated heterocycles. The van der Waals surface area contributed by atoms with Crippen LogP contribution in [0.5, 0.6) is 0 Å². The minimum Gasteiger partial charge on any atom is -0.355 e. The van der Waals surface area contributed by atoms with E-state index in [0.29, 0.717) is 16.3 Å². The zero-order valence-corrected chi connectivity index (χ0v) is 14.7. The molecule has 5 nitrogen and oxygen atoms in total. The molecule has 0 aliphatic heterocycles. The van der Waals surface area contributed by atoms with E-state index >= 15 is 0 Å². The third-order valence-corrected chi connectivity index (χ3v) is 3.93. The van der Waals surface area contributed by atoms with Crippen LogP contribution in [0.25, 0.3) is 0 Å². The van der Waals surface area contributed by atoms with Crippen LogP contribution in [0.2, 0.25) is 5.02 Å². The fourth-order valence-electron chi connectivity index (χ4n) is 2.32. The number of anilines is 3. The van der Waals surface area contributed by atoms with Crippen LogP contribution in [0.1, 0.15) is 27.8 Å². The lowest BCUT2D eigenvalue weighted by molar-refractivity contribution is 0.101. The summed E-state index contributed by atoms with van der Waals surface area (Å²) in [5.41, 5.74) is 3.05. The van der Waals surface area contributed by atoms with E-state index in [9.17, 15) is 9.59 Å². The van der Waals surface area contributed by atoms with E-state index in [1.807, 2.05) is 12.1 Å². The Labute approximate surface area is 156 Å². The maximum atomic E-state index is 12.4. The molecule has 0 atom stereocenters. The number of pyridine rings is 1. The maximum absolute atomic E-state index is 12.4. The van der Waals surface area contributed by atoms with Crippen molar-refractivity contribution in [2.45, 2.75) is 6.92 Å². The second-order valence-electron chi connectivity index (χ2n) is 5.65. The summed E-state index contributed by atoms with van der Waals surface area (Å²) in [6.45, 7) is 1.50. The van der Waals surface area contributed by atoms with Gasteiger partial charge in [-0.1, -0.05) is 11.6 Å². The normalized spacial score (nSPS) is 10.2. The first-order valence-corrected chi connectivity index (χ1v) is 8.30. The highest BCUT2D eigenvalue weighted by Crippen LogP contribution is 2.19. The summed E-state index contributed by atoms with van der Waals surface area (Å²) >= 11 is 5.88. The summed E-state index contributed by atoms with van der Waals surface area (Å²) in [7, 11) is 0. The lowest BCUT2D eigenvalue weighted by Crippen LogP contribution is -2.13. The van der Waals surface area contributed by atoms with Crippen LogP contribution in [0.4, 0.5) is 17.1 Å². The highest BCUT2D eigenvalue weighted by atomic mass is 35.5. The third-order valence-electron chi connectivity index (χ3n) is 3.67. The molecule has 0 unspecified atom stereocenters. The monoisotopic (exact) mass is 365 g/mol. The molecule has 2 aromatic carbocycles. The number of carbonyl (C=O) groups excluding carboxylic acids is 2. The highest BCUT2D eigenvalue weighted by molar-refractivity contribution is 6.30. The van der Waals surface area contributed by atoms with Crippen molar-refractivity contribution in [3.05, 3.63) is 83.1 Å². The van der Waals surface area contributed by atoms with Crippen molar-refractivity contribution in [1.82, 2.24) is 4.98 Å². The van der Waals surface area contributed by atoms with Crippen molar-refractivity contribution < 1.29 is 9.59 Å². The molecule has 0 bridgehead atoms. The Balaban J connectivity index is 1.71. The highest BCUT2D eigenvalue weighted by Gasteiger charge is 2.09. The van der Waals surface area contributed by atoms with Gasteiger partial charge in [0.15, 0.2) is 5.78 Å². The van der Waals surface area contributed by atoms with Gasteiger partial charge in [0.25, 0.3) is 5.91 Å². The lowest BCUT2D eigenvalue weighted by Gasteiger charge is -2.09.